The van der Waals surface area contributed by atoms with Crippen LogP contribution in [0.3, 0.4) is 0 Å². The summed E-state index contributed by atoms with van der Waals surface area (Å²) in [5.74, 6) is -2.02. The highest BCUT2D eigenvalue weighted by atomic mass is 32.1. The summed E-state index contributed by atoms with van der Waals surface area (Å²) in [5, 5.41) is 19.0. The summed E-state index contributed by atoms with van der Waals surface area (Å²) in [6, 6.07) is 7.52. The number of nitrogens with two attached hydrogens (primary N) is 2. The van der Waals surface area contributed by atoms with Crippen molar-refractivity contribution in [3.05, 3.63) is 85.4 Å². The molecule has 6 rings (SSSR count). The highest BCUT2D eigenvalue weighted by molar-refractivity contribution is 7.16. The number of aryl methyl sites for hydroxylation is 4. The van der Waals surface area contributed by atoms with Crippen molar-refractivity contribution in [2.24, 2.45) is 16.5 Å². The fourth-order valence-corrected chi connectivity index (χ4v) is 7.89. The molecule has 16 nitrogen and oxygen atoms in total. The van der Waals surface area contributed by atoms with Gasteiger partial charge in [0.05, 0.1) is 33.7 Å². The van der Waals surface area contributed by atoms with Gasteiger partial charge in [0.25, 0.3) is 11.8 Å². The lowest BCUT2D eigenvalue weighted by Crippen LogP contribution is -2.20. The van der Waals surface area contributed by atoms with Crippen LogP contribution in [-0.4, -0.2) is 64.7 Å². The molecule has 0 aliphatic heterocycles. The van der Waals surface area contributed by atoms with Crippen LogP contribution < -0.4 is 26.3 Å². The van der Waals surface area contributed by atoms with Gasteiger partial charge in [-0.2, -0.15) is 10.1 Å². The van der Waals surface area contributed by atoms with Crippen LogP contribution in [0.15, 0.2) is 47.5 Å². The number of phenols is 1. The number of carbonyl (C=O) groups excluding carboxylic acids is 4. The van der Waals surface area contributed by atoms with E-state index in [0.717, 1.165) is 16.3 Å². The number of nitrogens with one attached hydrogen (secondary N) is 1. The second-order valence-corrected chi connectivity index (χ2v) is 14.1. The van der Waals surface area contributed by atoms with Gasteiger partial charge in [-0.3, -0.25) is 29.2 Å². The average molecular weight is 757 g/mol. The zero-order valence-electron chi connectivity index (χ0n) is 29.5. The molecule has 0 saturated heterocycles. The van der Waals surface area contributed by atoms with Crippen LogP contribution in [0.25, 0.3) is 21.3 Å². The van der Waals surface area contributed by atoms with Crippen LogP contribution in [0, 0.1) is 13.8 Å². The van der Waals surface area contributed by atoms with Crippen molar-refractivity contribution in [3.8, 4) is 11.5 Å². The Hall–Kier alpha value is -6.14. The Balaban J connectivity index is 1.41. The highest BCUT2D eigenvalue weighted by Crippen LogP contribution is 2.32. The van der Waals surface area contributed by atoms with Crippen molar-refractivity contribution in [1.82, 2.24) is 28.9 Å². The first-order valence-corrected chi connectivity index (χ1v) is 18.1. The largest absolute Gasteiger partial charge is 0.506 e. The molecule has 0 spiro atoms. The standard InChI is InChI=1S/C35H36N10O6S2/c1-6-21-29(52-18(4)38-21)33(50)41-35-44(28-24(46)14-20(31(37)48)16-26(28)53-35)11-9-8-10-43-27-22(13-19(30(36)47)15-25(27)51-5)39-34(43)40-32(49)23-12-17(3)42-45(23)7-2/h8-9,12-16,46H,6-7,10-11H2,1-5H3,(H2,36,47)(H2,37,48)(H,39,40,49)/b9-8+,41-35-. The minimum atomic E-state index is -0.715. The molecule has 0 bridgehead atoms. The van der Waals surface area contributed by atoms with Gasteiger partial charge in [0, 0.05) is 30.8 Å². The number of hydrogen-bond donors (Lipinski definition) is 4. The number of aromatic hydroxyl groups is 1. The average Bonchev–Trinajstić information content (AvgIpc) is 3.88. The molecule has 0 radical (unpaired) electrons. The molecule has 4 amide bonds. The molecule has 4 aromatic heterocycles. The Morgan fingerprint density at radius 2 is 1.64 bits per heavy atom. The minimum absolute atomic E-state index is 0.107. The first kappa shape index (κ1) is 36.6. The number of carbonyl (C=O) groups is 4. The lowest BCUT2D eigenvalue weighted by Gasteiger charge is -2.11. The summed E-state index contributed by atoms with van der Waals surface area (Å²) in [6.45, 7) is 8.18. The maximum Gasteiger partial charge on any atom is 0.291 e. The number of primary amides is 2. The van der Waals surface area contributed by atoms with Gasteiger partial charge < -0.3 is 30.4 Å². The number of allylic oxidation sites excluding steroid dienone is 2. The number of anilines is 1. The third kappa shape index (κ3) is 7.18. The Kier molecular flexibility index (Phi) is 10.3. The summed E-state index contributed by atoms with van der Waals surface area (Å²) in [6.07, 6.45) is 4.15. The first-order valence-electron chi connectivity index (χ1n) is 16.4. The number of benzene rings is 2. The number of imidazole rings is 1. The summed E-state index contributed by atoms with van der Waals surface area (Å²) in [4.78, 5) is 65.3. The number of fused-ring (bicyclic) bond motifs is 2. The highest BCUT2D eigenvalue weighted by Gasteiger charge is 2.22. The number of methoxy groups -OCH3 is 1. The summed E-state index contributed by atoms with van der Waals surface area (Å²) >= 11 is 2.38. The molecule has 4 heterocycles. The van der Waals surface area contributed by atoms with Crippen molar-refractivity contribution in [2.45, 2.75) is 53.8 Å². The van der Waals surface area contributed by atoms with Crippen LogP contribution in [0.5, 0.6) is 11.5 Å². The molecule has 2 aromatic carbocycles. The molecule has 0 unspecified atom stereocenters. The number of ether oxygens (including phenoxy) is 1. The predicted octanol–water partition coefficient (Wildman–Crippen LogP) is 4.07. The van der Waals surface area contributed by atoms with Crippen LogP contribution in [-0.2, 0) is 26.1 Å². The fraction of sp³-hybridized carbons (Fsp3) is 0.257. The van der Waals surface area contributed by atoms with E-state index in [2.05, 4.69) is 25.4 Å². The van der Waals surface area contributed by atoms with E-state index >= 15 is 0 Å². The van der Waals surface area contributed by atoms with Crippen LogP contribution in [0.4, 0.5) is 5.95 Å². The summed E-state index contributed by atoms with van der Waals surface area (Å²) in [7, 11) is 1.45. The zero-order chi connectivity index (χ0) is 38.1. The van der Waals surface area contributed by atoms with Gasteiger partial charge in [0.15, 0.2) is 4.80 Å². The second kappa shape index (κ2) is 14.8. The van der Waals surface area contributed by atoms with E-state index in [1.54, 1.807) is 45.0 Å². The van der Waals surface area contributed by atoms with Gasteiger partial charge in [-0.25, -0.2) is 9.97 Å². The van der Waals surface area contributed by atoms with Crippen molar-refractivity contribution in [2.75, 3.05) is 12.4 Å². The molecule has 53 heavy (non-hydrogen) atoms. The molecule has 274 valence electrons. The van der Waals surface area contributed by atoms with Crippen molar-refractivity contribution in [3.63, 3.8) is 0 Å². The lowest BCUT2D eigenvalue weighted by atomic mass is 10.1. The van der Waals surface area contributed by atoms with E-state index in [1.807, 2.05) is 20.8 Å². The maximum absolute atomic E-state index is 13.5. The third-order valence-electron chi connectivity index (χ3n) is 8.29. The van der Waals surface area contributed by atoms with Gasteiger partial charge >= 0.3 is 0 Å². The van der Waals surface area contributed by atoms with Gasteiger partial charge in [-0.15, -0.1) is 11.3 Å². The van der Waals surface area contributed by atoms with Crippen molar-refractivity contribution in [1.29, 1.82) is 0 Å². The van der Waals surface area contributed by atoms with E-state index in [4.69, 9.17) is 16.2 Å². The third-order valence-corrected chi connectivity index (χ3v) is 10.3. The van der Waals surface area contributed by atoms with Crippen molar-refractivity contribution < 1.29 is 29.0 Å². The quantitative estimate of drug-likeness (QED) is 0.132. The number of thiazole rings is 2. The number of phenolic OH excluding ortho intramolecular Hbond substituents is 1. The number of rotatable bonds is 12. The normalized spacial score (nSPS) is 12.0. The molecule has 0 aliphatic rings. The Labute approximate surface area is 310 Å². The van der Waals surface area contributed by atoms with Gasteiger partial charge in [0.2, 0.25) is 17.8 Å². The number of hydrogen-bond acceptors (Lipinski definition) is 11. The maximum atomic E-state index is 13.5. The van der Waals surface area contributed by atoms with E-state index in [9.17, 15) is 24.3 Å². The van der Waals surface area contributed by atoms with E-state index in [1.165, 1.54) is 36.6 Å². The molecule has 6 aromatic rings. The zero-order valence-corrected chi connectivity index (χ0v) is 31.1. The number of aromatic nitrogens is 6. The Bertz CT molecular complexity index is 2550. The van der Waals surface area contributed by atoms with E-state index < -0.39 is 23.6 Å². The SMILES string of the molecule is CCc1nc(C)sc1C(=O)/N=c1\sc2cc(C(N)=O)cc(O)c2n1C/C=C/Cn1c(NC(=O)c2cc(C)nn2CC)nc2cc(C(N)=O)cc(OC)c21. The monoisotopic (exact) mass is 756 g/mol. The van der Waals surface area contributed by atoms with E-state index in [-0.39, 0.29) is 40.7 Å². The number of amides is 4. The molecule has 0 aliphatic carbocycles. The fourth-order valence-electron chi connectivity index (χ4n) is 5.90. The summed E-state index contributed by atoms with van der Waals surface area (Å²) < 4.78 is 11.1. The van der Waals surface area contributed by atoms with Gasteiger partial charge in [-0.05, 0) is 57.5 Å². The van der Waals surface area contributed by atoms with Gasteiger partial charge in [-0.1, -0.05) is 30.4 Å². The molecule has 18 heteroatoms. The summed E-state index contributed by atoms with van der Waals surface area (Å²) in [5.41, 5.74) is 14.3. The molecule has 0 atom stereocenters. The van der Waals surface area contributed by atoms with Crippen LogP contribution in [0.1, 0.15) is 71.1 Å². The smallest absolute Gasteiger partial charge is 0.291 e. The number of nitrogens with zero attached hydrogens (tertiary/aromatic N) is 7. The minimum Gasteiger partial charge on any atom is -0.506 e. The van der Waals surface area contributed by atoms with E-state index in [0.29, 0.717) is 61.9 Å². The molecule has 0 saturated carbocycles. The molecular weight excluding hydrogens is 721 g/mol. The Morgan fingerprint density at radius 3 is 2.30 bits per heavy atom. The predicted molar refractivity (Wildman–Crippen MR) is 201 cm³/mol. The Morgan fingerprint density at radius 1 is 0.943 bits per heavy atom. The van der Waals surface area contributed by atoms with Crippen molar-refractivity contribution >= 4 is 73.5 Å². The van der Waals surface area contributed by atoms with Gasteiger partial charge in [0.1, 0.15) is 33.1 Å². The molecule has 6 N–H and O–H groups in total. The first-order chi connectivity index (χ1) is 25.3. The molecule has 0 fully saturated rings. The topological polar surface area (TPSA) is 228 Å². The second-order valence-electron chi connectivity index (χ2n) is 11.8. The molecular formula is C35H36N10O6S2. The van der Waals surface area contributed by atoms with Crippen LogP contribution >= 0.6 is 22.7 Å². The van der Waals surface area contributed by atoms with Crippen LogP contribution in [0.2, 0.25) is 0 Å². The lowest BCUT2D eigenvalue weighted by molar-refractivity contribution is 0.0991.